The third-order valence-corrected chi connectivity index (χ3v) is 4.45. The first-order valence-corrected chi connectivity index (χ1v) is 7.61. The summed E-state index contributed by atoms with van der Waals surface area (Å²) in [4.78, 5) is 25.4. The van der Waals surface area contributed by atoms with Crippen LogP contribution >= 0.6 is 0 Å². The Morgan fingerprint density at radius 2 is 1.87 bits per heavy atom. The maximum atomic E-state index is 13.5. The molecule has 0 bridgehead atoms. The normalized spacial score (nSPS) is 26.7. The van der Waals surface area contributed by atoms with Crippen LogP contribution in [-0.2, 0) is 14.9 Å². The van der Waals surface area contributed by atoms with Gasteiger partial charge in [-0.05, 0) is 50.8 Å². The van der Waals surface area contributed by atoms with E-state index >= 15 is 0 Å². The monoisotopic (exact) mass is 323 g/mol. The van der Waals surface area contributed by atoms with Gasteiger partial charge in [0.05, 0.1) is 0 Å². The second-order valence-corrected chi connectivity index (χ2v) is 7.38. The van der Waals surface area contributed by atoms with Crippen LogP contribution < -0.4 is 0 Å². The van der Waals surface area contributed by atoms with E-state index in [0.29, 0.717) is 12.0 Å². The first-order chi connectivity index (χ1) is 10.6. The largest absolute Gasteiger partial charge is 0.443 e. The summed E-state index contributed by atoms with van der Waals surface area (Å²) in [5, 5.41) is 0. The number of carbonyl (C=O) groups is 2. The van der Waals surface area contributed by atoms with Crippen LogP contribution in [0.3, 0.4) is 0 Å². The van der Waals surface area contributed by atoms with Crippen LogP contribution in [-0.4, -0.2) is 29.0 Å². The van der Waals surface area contributed by atoms with E-state index in [2.05, 4.69) is 0 Å². The average Bonchev–Trinajstić information content (AvgIpc) is 3.09. The number of nitrogens with zero attached hydrogens (tertiary/aromatic N) is 1. The highest BCUT2D eigenvalue weighted by Gasteiger charge is 2.61. The Bertz CT molecular complexity index is 663. The molecule has 1 heterocycles. The van der Waals surface area contributed by atoms with Crippen LogP contribution in [0, 0.1) is 17.6 Å². The SMILES string of the molecule is CC(C)(C)OC(=O)N1CC2(c3cc(F)cc(F)c3)CC2CC1=O. The van der Waals surface area contributed by atoms with Gasteiger partial charge in [-0.2, -0.15) is 0 Å². The molecule has 1 saturated carbocycles. The van der Waals surface area contributed by atoms with Gasteiger partial charge < -0.3 is 4.74 Å². The molecule has 2 fully saturated rings. The van der Waals surface area contributed by atoms with Crippen molar-refractivity contribution in [3.8, 4) is 0 Å². The summed E-state index contributed by atoms with van der Waals surface area (Å²) in [6.45, 7) is 5.26. The van der Waals surface area contributed by atoms with E-state index in [4.69, 9.17) is 4.74 Å². The van der Waals surface area contributed by atoms with E-state index in [-0.39, 0.29) is 24.8 Å². The molecule has 1 aromatic rings. The van der Waals surface area contributed by atoms with Gasteiger partial charge in [0.25, 0.3) is 0 Å². The number of carbonyl (C=O) groups excluding carboxylic acids is 2. The fraction of sp³-hybridized carbons (Fsp3) is 0.529. The molecule has 2 unspecified atom stereocenters. The van der Waals surface area contributed by atoms with E-state index in [9.17, 15) is 18.4 Å². The Morgan fingerprint density at radius 3 is 2.43 bits per heavy atom. The van der Waals surface area contributed by atoms with Gasteiger partial charge in [-0.25, -0.2) is 18.5 Å². The number of fused-ring (bicyclic) bond motifs is 1. The maximum Gasteiger partial charge on any atom is 0.417 e. The summed E-state index contributed by atoms with van der Waals surface area (Å²) in [5.41, 5.74) is -0.759. The number of ether oxygens (including phenoxy) is 1. The van der Waals surface area contributed by atoms with Crippen molar-refractivity contribution in [3.63, 3.8) is 0 Å². The second-order valence-electron chi connectivity index (χ2n) is 7.38. The van der Waals surface area contributed by atoms with Gasteiger partial charge in [-0.3, -0.25) is 4.79 Å². The van der Waals surface area contributed by atoms with Crippen molar-refractivity contribution < 1.29 is 23.1 Å². The molecule has 2 atom stereocenters. The molecule has 4 nitrogen and oxygen atoms in total. The smallest absolute Gasteiger partial charge is 0.417 e. The number of halogens is 2. The number of benzene rings is 1. The summed E-state index contributed by atoms with van der Waals surface area (Å²) in [6.07, 6.45) is 0.127. The van der Waals surface area contributed by atoms with Crippen LogP contribution in [0.5, 0.6) is 0 Å². The Labute approximate surface area is 133 Å². The van der Waals surface area contributed by atoms with E-state index in [0.717, 1.165) is 11.0 Å². The van der Waals surface area contributed by atoms with E-state index in [1.165, 1.54) is 12.1 Å². The summed E-state index contributed by atoms with van der Waals surface area (Å²) < 4.78 is 32.3. The second kappa shape index (κ2) is 5.01. The van der Waals surface area contributed by atoms with Crippen molar-refractivity contribution in [2.24, 2.45) is 5.92 Å². The van der Waals surface area contributed by atoms with Crippen LogP contribution in [0.1, 0.15) is 39.2 Å². The summed E-state index contributed by atoms with van der Waals surface area (Å²) in [6, 6.07) is 3.38. The molecular formula is C17H19F2NO3. The van der Waals surface area contributed by atoms with Gasteiger partial charge in [-0.15, -0.1) is 0 Å². The van der Waals surface area contributed by atoms with Gasteiger partial charge in [0.15, 0.2) is 0 Å². The third-order valence-electron chi connectivity index (χ3n) is 4.45. The maximum absolute atomic E-state index is 13.5. The highest BCUT2D eigenvalue weighted by atomic mass is 19.1. The number of piperidine rings is 1. The van der Waals surface area contributed by atoms with E-state index in [1.807, 2.05) is 0 Å². The first-order valence-electron chi connectivity index (χ1n) is 7.61. The Morgan fingerprint density at radius 1 is 1.26 bits per heavy atom. The minimum absolute atomic E-state index is 0.0230. The van der Waals surface area contributed by atoms with Gasteiger partial charge in [-0.1, -0.05) is 0 Å². The molecule has 0 aromatic heterocycles. The van der Waals surface area contributed by atoms with Gasteiger partial charge in [0.1, 0.15) is 17.2 Å². The average molecular weight is 323 g/mol. The molecule has 23 heavy (non-hydrogen) atoms. The van der Waals surface area contributed by atoms with Crippen molar-refractivity contribution in [2.45, 2.75) is 44.6 Å². The Hall–Kier alpha value is -1.98. The Balaban J connectivity index is 1.86. The zero-order chi connectivity index (χ0) is 17.0. The van der Waals surface area contributed by atoms with Crippen LogP contribution in [0.25, 0.3) is 0 Å². The summed E-state index contributed by atoms with van der Waals surface area (Å²) in [5.74, 6) is -1.58. The number of amides is 2. The molecule has 3 rings (SSSR count). The lowest BCUT2D eigenvalue weighted by atomic mass is 9.88. The Kier molecular flexibility index (Phi) is 3.46. The van der Waals surface area contributed by atoms with Gasteiger partial charge in [0.2, 0.25) is 5.91 Å². The standard InChI is InChI=1S/C17H19F2NO3/c1-16(2,3)23-15(22)20-9-17(8-11(17)6-14(20)21)10-4-12(18)7-13(19)5-10/h4-5,7,11H,6,8-9H2,1-3H3. The lowest BCUT2D eigenvalue weighted by Crippen LogP contribution is -2.48. The van der Waals surface area contributed by atoms with Gasteiger partial charge in [0, 0.05) is 24.4 Å². The highest BCUT2D eigenvalue weighted by molar-refractivity contribution is 5.94. The molecule has 1 aliphatic carbocycles. The highest BCUT2D eigenvalue weighted by Crippen LogP contribution is 2.59. The van der Waals surface area contributed by atoms with Crippen molar-refractivity contribution in [2.75, 3.05) is 6.54 Å². The first kappa shape index (κ1) is 15.9. The molecule has 0 spiro atoms. The third kappa shape index (κ3) is 2.94. The molecule has 6 heteroatoms. The lowest BCUT2D eigenvalue weighted by Gasteiger charge is -2.33. The minimum atomic E-state index is -0.712. The zero-order valence-corrected chi connectivity index (χ0v) is 13.4. The summed E-state index contributed by atoms with van der Waals surface area (Å²) in [7, 11) is 0. The van der Waals surface area contributed by atoms with Crippen molar-refractivity contribution in [3.05, 3.63) is 35.4 Å². The number of hydrogen-bond acceptors (Lipinski definition) is 3. The number of imide groups is 1. The molecule has 0 radical (unpaired) electrons. The van der Waals surface area contributed by atoms with Crippen molar-refractivity contribution >= 4 is 12.0 Å². The molecule has 0 N–H and O–H groups in total. The number of hydrogen-bond donors (Lipinski definition) is 0. The molecule has 2 amide bonds. The molecular weight excluding hydrogens is 304 g/mol. The zero-order valence-electron chi connectivity index (χ0n) is 13.4. The molecule has 1 saturated heterocycles. The predicted octanol–water partition coefficient (Wildman–Crippen LogP) is 3.39. The minimum Gasteiger partial charge on any atom is -0.443 e. The van der Waals surface area contributed by atoms with E-state index < -0.39 is 28.7 Å². The molecule has 1 aromatic carbocycles. The van der Waals surface area contributed by atoms with E-state index in [1.54, 1.807) is 20.8 Å². The number of likely N-dealkylation sites (tertiary alicyclic amines) is 1. The van der Waals surface area contributed by atoms with Crippen LogP contribution in [0.2, 0.25) is 0 Å². The molecule has 2 aliphatic rings. The lowest BCUT2D eigenvalue weighted by molar-refractivity contribution is -0.133. The van der Waals surface area contributed by atoms with Crippen LogP contribution in [0.4, 0.5) is 13.6 Å². The topological polar surface area (TPSA) is 46.6 Å². The van der Waals surface area contributed by atoms with Crippen LogP contribution in [0.15, 0.2) is 18.2 Å². The van der Waals surface area contributed by atoms with Gasteiger partial charge >= 0.3 is 6.09 Å². The molecule has 124 valence electrons. The molecule has 1 aliphatic heterocycles. The fourth-order valence-corrected chi connectivity index (χ4v) is 3.30. The summed E-state index contributed by atoms with van der Waals surface area (Å²) >= 11 is 0. The fourth-order valence-electron chi connectivity index (χ4n) is 3.30. The van der Waals surface area contributed by atoms with Crippen molar-refractivity contribution in [1.29, 1.82) is 0 Å². The van der Waals surface area contributed by atoms with Crippen molar-refractivity contribution in [1.82, 2.24) is 4.90 Å². The number of rotatable bonds is 1. The predicted molar refractivity (Wildman–Crippen MR) is 78.7 cm³/mol. The quantitative estimate of drug-likeness (QED) is 0.796.